The summed E-state index contributed by atoms with van der Waals surface area (Å²) < 4.78 is 34.3. The van der Waals surface area contributed by atoms with Gasteiger partial charge in [0.15, 0.2) is 11.6 Å². The van der Waals surface area contributed by atoms with Crippen LogP contribution in [0.5, 0.6) is 0 Å². The van der Waals surface area contributed by atoms with Gasteiger partial charge in [0.2, 0.25) is 0 Å². The molecule has 0 fully saturated rings. The Kier molecular flexibility index (Phi) is 8.49. The van der Waals surface area contributed by atoms with Crippen LogP contribution in [0.3, 0.4) is 0 Å². The topological polar surface area (TPSA) is 59.6 Å². The maximum absolute atomic E-state index is 14.5. The Labute approximate surface area is 178 Å². The van der Waals surface area contributed by atoms with Crippen molar-refractivity contribution in [1.82, 2.24) is 5.48 Å². The molecular weight excluding hydrogens is 516 g/mol. The Balaban J connectivity index is 2.29. The van der Waals surface area contributed by atoms with E-state index in [9.17, 15) is 13.6 Å². The number of amides is 1. The molecule has 5 nitrogen and oxygen atoms in total. The van der Waals surface area contributed by atoms with Crippen molar-refractivity contribution in [3.05, 3.63) is 55.1 Å². The van der Waals surface area contributed by atoms with Crippen molar-refractivity contribution in [2.45, 2.75) is 6.92 Å². The lowest BCUT2D eigenvalue weighted by molar-refractivity contribution is 0.00169. The van der Waals surface area contributed by atoms with E-state index in [0.29, 0.717) is 12.3 Å². The van der Waals surface area contributed by atoms with Gasteiger partial charge in [-0.1, -0.05) is 23.2 Å². The van der Waals surface area contributed by atoms with Crippen LogP contribution in [0.1, 0.15) is 17.3 Å². The van der Waals surface area contributed by atoms with E-state index in [2.05, 4.69) is 33.4 Å². The second kappa shape index (κ2) is 10.4. The molecule has 0 unspecified atom stereocenters. The molecule has 1 amide bonds. The summed E-state index contributed by atoms with van der Waals surface area (Å²) in [6, 6.07) is 5.93. The highest BCUT2D eigenvalue weighted by Crippen LogP contribution is 2.33. The summed E-state index contributed by atoms with van der Waals surface area (Å²) in [6.07, 6.45) is 0. The standard InChI is InChI=1S/C17H15Cl2F2IN2O3/c1-2-26-5-6-27-24-17(25)10-8-12(19)14(20)15(21)16(10)23-13-4-3-9(22)7-11(13)18/h3-4,7-8,23H,2,5-6H2,1H3,(H,24,25). The number of hydroxylamine groups is 1. The van der Waals surface area contributed by atoms with Crippen molar-refractivity contribution in [2.75, 3.05) is 25.1 Å². The number of hydrogen-bond donors (Lipinski definition) is 2. The fraction of sp³-hybridized carbons (Fsp3) is 0.235. The van der Waals surface area contributed by atoms with Gasteiger partial charge in [-0.25, -0.2) is 14.3 Å². The minimum atomic E-state index is -1.31. The zero-order valence-electron chi connectivity index (χ0n) is 14.0. The maximum atomic E-state index is 14.5. The molecule has 0 saturated carbocycles. The minimum Gasteiger partial charge on any atom is -0.379 e. The van der Waals surface area contributed by atoms with Gasteiger partial charge in [0.25, 0.3) is 5.91 Å². The fourth-order valence-electron chi connectivity index (χ4n) is 2.04. The van der Waals surface area contributed by atoms with Crippen molar-refractivity contribution in [3.8, 4) is 0 Å². The molecule has 0 saturated heterocycles. The first-order valence-electron chi connectivity index (χ1n) is 7.74. The average Bonchev–Trinajstić information content (AvgIpc) is 2.63. The van der Waals surface area contributed by atoms with Crippen LogP contribution in [-0.4, -0.2) is 25.7 Å². The number of benzene rings is 2. The molecule has 2 aromatic rings. The van der Waals surface area contributed by atoms with Gasteiger partial charge < -0.3 is 10.1 Å². The number of carbonyl (C=O) groups is 1. The third-order valence-corrected chi connectivity index (χ3v) is 4.56. The Bertz CT molecular complexity index is 840. The van der Waals surface area contributed by atoms with Crippen LogP contribution in [0.2, 0.25) is 10.0 Å². The van der Waals surface area contributed by atoms with Crippen molar-refractivity contribution < 1.29 is 23.1 Å². The second-order valence-electron chi connectivity index (χ2n) is 5.13. The molecule has 0 heterocycles. The summed E-state index contributed by atoms with van der Waals surface area (Å²) in [4.78, 5) is 17.3. The zero-order chi connectivity index (χ0) is 20.0. The predicted molar refractivity (Wildman–Crippen MR) is 109 cm³/mol. The van der Waals surface area contributed by atoms with Crippen molar-refractivity contribution in [3.63, 3.8) is 0 Å². The van der Waals surface area contributed by atoms with E-state index in [-0.39, 0.29) is 23.8 Å². The van der Waals surface area contributed by atoms with Crippen LogP contribution < -0.4 is 10.8 Å². The molecule has 0 radical (unpaired) electrons. The van der Waals surface area contributed by atoms with Crippen LogP contribution >= 0.6 is 45.8 Å². The van der Waals surface area contributed by atoms with Crippen LogP contribution in [0.4, 0.5) is 20.2 Å². The highest BCUT2D eigenvalue weighted by atomic mass is 127. The molecule has 0 aliphatic heterocycles. The molecule has 0 aromatic heterocycles. The quantitative estimate of drug-likeness (QED) is 0.210. The minimum absolute atomic E-state index is 0.0860. The van der Waals surface area contributed by atoms with Crippen molar-refractivity contribution in [1.29, 1.82) is 0 Å². The first-order valence-corrected chi connectivity index (χ1v) is 9.58. The van der Waals surface area contributed by atoms with Gasteiger partial charge in [-0.05, 0) is 53.8 Å². The summed E-state index contributed by atoms with van der Waals surface area (Å²) in [5, 5.41) is 2.38. The van der Waals surface area contributed by atoms with Crippen LogP contribution in [0.25, 0.3) is 0 Å². The van der Waals surface area contributed by atoms with E-state index in [4.69, 9.17) is 32.8 Å². The lowest BCUT2D eigenvalue weighted by Crippen LogP contribution is -2.26. The summed E-state index contributed by atoms with van der Waals surface area (Å²) >= 11 is 13.9. The molecule has 2 N–H and O–H groups in total. The maximum Gasteiger partial charge on any atom is 0.277 e. The highest BCUT2D eigenvalue weighted by Gasteiger charge is 2.23. The molecule has 0 bridgehead atoms. The smallest absolute Gasteiger partial charge is 0.277 e. The summed E-state index contributed by atoms with van der Waals surface area (Å²) in [5.74, 6) is -3.40. The molecule has 0 aliphatic carbocycles. The summed E-state index contributed by atoms with van der Waals surface area (Å²) in [7, 11) is 0. The Hall–Kier alpha value is -1.20. The van der Waals surface area contributed by atoms with Crippen molar-refractivity contribution in [2.24, 2.45) is 0 Å². The van der Waals surface area contributed by atoms with Gasteiger partial charge in [-0.3, -0.25) is 9.63 Å². The number of hydrogen-bond acceptors (Lipinski definition) is 4. The summed E-state index contributed by atoms with van der Waals surface area (Å²) in [5.41, 5.74) is 1.78. The molecule has 2 rings (SSSR count). The number of rotatable bonds is 8. The van der Waals surface area contributed by atoms with E-state index in [1.165, 1.54) is 0 Å². The highest BCUT2D eigenvalue weighted by molar-refractivity contribution is 14.1. The van der Waals surface area contributed by atoms with Gasteiger partial charge in [0, 0.05) is 10.2 Å². The van der Waals surface area contributed by atoms with Gasteiger partial charge in [-0.2, -0.15) is 0 Å². The Morgan fingerprint density at radius 1 is 1.15 bits per heavy atom. The molecule has 0 atom stereocenters. The van der Waals surface area contributed by atoms with E-state index in [0.717, 1.165) is 9.64 Å². The molecule has 27 heavy (non-hydrogen) atoms. The van der Waals surface area contributed by atoms with E-state index in [1.807, 2.05) is 6.92 Å². The Morgan fingerprint density at radius 3 is 2.56 bits per heavy atom. The number of ether oxygens (including phenoxy) is 1. The van der Waals surface area contributed by atoms with Gasteiger partial charge >= 0.3 is 0 Å². The van der Waals surface area contributed by atoms with E-state index in [1.54, 1.807) is 18.2 Å². The Morgan fingerprint density at radius 2 is 1.89 bits per heavy atom. The monoisotopic (exact) mass is 530 g/mol. The van der Waals surface area contributed by atoms with Gasteiger partial charge in [0.1, 0.15) is 0 Å². The van der Waals surface area contributed by atoms with Crippen molar-refractivity contribution >= 4 is 63.1 Å². The normalized spacial score (nSPS) is 10.7. The third kappa shape index (κ3) is 5.89. The number of carbonyl (C=O) groups excluding carboxylic acids is 1. The van der Waals surface area contributed by atoms with E-state index >= 15 is 0 Å². The molecular formula is C17H15Cl2F2IN2O3. The van der Waals surface area contributed by atoms with E-state index < -0.39 is 28.3 Å². The molecule has 10 heteroatoms. The SMILES string of the molecule is CCOCCONC(=O)c1cc(Cl)c(F)c(F)c1Nc1ccc(I)cc1Cl. The van der Waals surface area contributed by atoms with Gasteiger partial charge in [0.05, 0.1) is 40.2 Å². The molecule has 2 aromatic carbocycles. The number of halogens is 5. The zero-order valence-corrected chi connectivity index (χ0v) is 17.7. The van der Waals surface area contributed by atoms with Gasteiger partial charge in [-0.15, -0.1) is 0 Å². The molecule has 0 aliphatic rings. The lowest BCUT2D eigenvalue weighted by Gasteiger charge is -2.15. The lowest BCUT2D eigenvalue weighted by atomic mass is 10.1. The predicted octanol–water partition coefficient (Wildman–Crippen LogP) is 5.32. The second-order valence-corrected chi connectivity index (χ2v) is 7.19. The number of anilines is 2. The fourth-order valence-corrected chi connectivity index (χ4v) is 3.13. The van der Waals surface area contributed by atoms with Crippen LogP contribution in [0.15, 0.2) is 24.3 Å². The average molecular weight is 531 g/mol. The number of nitrogens with one attached hydrogen (secondary N) is 2. The first kappa shape index (κ1) is 22.1. The third-order valence-electron chi connectivity index (χ3n) is 3.30. The van der Waals surface area contributed by atoms with Crippen LogP contribution in [0, 0.1) is 15.2 Å². The first-order chi connectivity index (χ1) is 12.8. The molecule has 0 spiro atoms. The summed E-state index contributed by atoms with van der Waals surface area (Å²) in [6.45, 7) is 2.66. The molecule has 146 valence electrons. The largest absolute Gasteiger partial charge is 0.379 e. The van der Waals surface area contributed by atoms with Crippen LogP contribution in [-0.2, 0) is 9.57 Å².